The molecule has 5 nitrogen and oxygen atoms in total. The highest BCUT2D eigenvalue weighted by Gasteiger charge is 2.32. The minimum atomic E-state index is -0.400. The number of carbonyl (C=O) groups excluding carboxylic acids is 2. The van der Waals surface area contributed by atoms with Gasteiger partial charge in [0.1, 0.15) is 5.82 Å². The van der Waals surface area contributed by atoms with Crippen molar-refractivity contribution in [2.45, 2.75) is 40.5 Å². The lowest BCUT2D eigenvalue weighted by Crippen LogP contribution is -2.45. The molecule has 1 aliphatic rings. The van der Waals surface area contributed by atoms with Gasteiger partial charge >= 0.3 is 0 Å². The Bertz CT molecular complexity index is 1160. The Kier molecular flexibility index (Phi) is 6.82. The van der Waals surface area contributed by atoms with Gasteiger partial charge in [0.2, 0.25) is 11.8 Å². The summed E-state index contributed by atoms with van der Waals surface area (Å²) >= 11 is 0. The number of benzene rings is 2. The summed E-state index contributed by atoms with van der Waals surface area (Å²) in [6.07, 6.45) is 1.33. The van der Waals surface area contributed by atoms with E-state index in [-0.39, 0.29) is 17.7 Å². The Balaban J connectivity index is 1.54. The van der Waals surface area contributed by atoms with Crippen LogP contribution in [0.3, 0.4) is 0 Å². The van der Waals surface area contributed by atoms with E-state index >= 15 is 0 Å². The van der Waals surface area contributed by atoms with Crippen molar-refractivity contribution in [1.82, 2.24) is 9.88 Å². The second kappa shape index (κ2) is 9.80. The molecule has 3 aromatic rings. The number of rotatable bonds is 4. The predicted octanol–water partition coefficient (Wildman–Crippen LogP) is 5.95. The van der Waals surface area contributed by atoms with Crippen molar-refractivity contribution >= 4 is 17.6 Å². The minimum absolute atomic E-state index is 0.0320. The number of aromatic nitrogens is 1. The van der Waals surface area contributed by atoms with Gasteiger partial charge in [-0.15, -0.1) is 0 Å². The van der Waals surface area contributed by atoms with E-state index in [0.29, 0.717) is 31.7 Å². The largest absolute Gasteiger partial charge is 0.342 e. The van der Waals surface area contributed by atoms with Crippen LogP contribution in [0.2, 0.25) is 0 Å². The van der Waals surface area contributed by atoms with E-state index in [2.05, 4.69) is 42.6 Å². The number of aryl methyl sites for hydroxylation is 1. The van der Waals surface area contributed by atoms with Gasteiger partial charge in [0, 0.05) is 30.0 Å². The molecule has 1 fully saturated rings. The number of hydrogen-bond donors (Lipinski definition) is 1. The molecule has 0 atom stereocenters. The fourth-order valence-corrected chi connectivity index (χ4v) is 4.31. The smallest absolute Gasteiger partial charge is 0.228 e. The Labute approximate surface area is 202 Å². The molecule has 0 bridgehead atoms. The van der Waals surface area contributed by atoms with Gasteiger partial charge in [-0.3, -0.25) is 9.59 Å². The summed E-state index contributed by atoms with van der Waals surface area (Å²) in [6, 6.07) is 22.3. The van der Waals surface area contributed by atoms with Gasteiger partial charge in [-0.2, -0.15) is 0 Å². The van der Waals surface area contributed by atoms with Gasteiger partial charge in [0.05, 0.1) is 5.69 Å². The van der Waals surface area contributed by atoms with Crippen LogP contribution in [0.15, 0.2) is 66.7 Å². The zero-order valence-electron chi connectivity index (χ0n) is 20.5. The number of nitrogens with one attached hydrogen (secondary N) is 1. The van der Waals surface area contributed by atoms with Crippen LogP contribution in [0, 0.1) is 18.3 Å². The highest BCUT2D eigenvalue weighted by atomic mass is 16.2. The van der Waals surface area contributed by atoms with Crippen LogP contribution in [0.4, 0.5) is 5.82 Å². The average molecular weight is 456 g/mol. The van der Waals surface area contributed by atoms with Crippen molar-refractivity contribution in [2.75, 3.05) is 18.4 Å². The van der Waals surface area contributed by atoms with Crippen LogP contribution in [0.1, 0.15) is 39.2 Å². The molecule has 4 rings (SSSR count). The average Bonchev–Trinajstić information content (AvgIpc) is 2.84. The fraction of sp³-hybridized carbons (Fsp3) is 0.345. The van der Waals surface area contributed by atoms with Crippen molar-refractivity contribution < 1.29 is 9.59 Å². The maximum Gasteiger partial charge on any atom is 0.228 e. The maximum absolute atomic E-state index is 13.1. The molecule has 1 N–H and O–H groups in total. The molecule has 0 aliphatic carbocycles. The number of piperidine rings is 1. The van der Waals surface area contributed by atoms with E-state index in [0.717, 1.165) is 22.4 Å². The summed E-state index contributed by atoms with van der Waals surface area (Å²) in [7, 11) is 0. The molecule has 176 valence electrons. The maximum atomic E-state index is 13.1. The van der Waals surface area contributed by atoms with E-state index in [4.69, 9.17) is 4.98 Å². The predicted molar refractivity (Wildman–Crippen MR) is 137 cm³/mol. The first-order chi connectivity index (χ1) is 16.2. The number of nitrogens with zero attached hydrogens (tertiary/aromatic N) is 2. The molecule has 0 spiro atoms. The number of amides is 2. The third-order valence-electron chi connectivity index (χ3n) is 6.33. The lowest BCUT2D eigenvalue weighted by molar-refractivity contribution is -0.142. The molecule has 2 heterocycles. The van der Waals surface area contributed by atoms with Gasteiger partial charge in [0.25, 0.3) is 0 Å². The second-order valence-electron chi connectivity index (χ2n) is 10.2. The highest BCUT2D eigenvalue weighted by molar-refractivity contribution is 5.93. The van der Waals surface area contributed by atoms with Gasteiger partial charge < -0.3 is 10.2 Å². The SMILES string of the molecule is Cc1ccc(-c2cc(NC(=O)C3CCN(C(=O)C(C)(C)C)CC3)nc(-c3ccccc3)c2)cc1. The number of likely N-dealkylation sites (tertiary alicyclic amines) is 1. The summed E-state index contributed by atoms with van der Waals surface area (Å²) < 4.78 is 0. The van der Waals surface area contributed by atoms with Crippen LogP contribution in [-0.4, -0.2) is 34.8 Å². The zero-order valence-corrected chi connectivity index (χ0v) is 20.5. The summed E-state index contributed by atoms with van der Waals surface area (Å²) in [5, 5.41) is 3.06. The van der Waals surface area contributed by atoms with Crippen molar-refractivity contribution in [3.05, 3.63) is 72.3 Å². The minimum Gasteiger partial charge on any atom is -0.342 e. The lowest BCUT2D eigenvalue weighted by atomic mass is 9.90. The molecule has 1 saturated heterocycles. The number of anilines is 1. The first kappa shape index (κ1) is 23.7. The second-order valence-corrected chi connectivity index (χ2v) is 10.2. The molecular weight excluding hydrogens is 422 g/mol. The van der Waals surface area contributed by atoms with Gasteiger partial charge in [-0.25, -0.2) is 4.98 Å². The van der Waals surface area contributed by atoms with Crippen molar-refractivity contribution in [3.8, 4) is 22.4 Å². The summed E-state index contributed by atoms with van der Waals surface area (Å²) in [5.41, 5.74) is 4.71. The lowest BCUT2D eigenvalue weighted by Gasteiger charge is -2.35. The number of hydrogen-bond acceptors (Lipinski definition) is 3. The Hall–Kier alpha value is -3.47. The number of pyridine rings is 1. The molecule has 1 aromatic heterocycles. The topological polar surface area (TPSA) is 62.3 Å². The molecular formula is C29H33N3O2. The third kappa shape index (κ3) is 5.53. The first-order valence-electron chi connectivity index (χ1n) is 12.0. The van der Waals surface area contributed by atoms with Gasteiger partial charge in [-0.1, -0.05) is 80.9 Å². The molecule has 2 aromatic carbocycles. The molecule has 0 saturated carbocycles. The summed E-state index contributed by atoms with van der Waals surface area (Å²) in [4.78, 5) is 32.3. The van der Waals surface area contributed by atoms with Crippen LogP contribution < -0.4 is 5.32 Å². The zero-order chi connectivity index (χ0) is 24.3. The Morgan fingerprint density at radius 3 is 2.15 bits per heavy atom. The van der Waals surface area contributed by atoms with Crippen molar-refractivity contribution in [1.29, 1.82) is 0 Å². The number of carbonyl (C=O) groups is 2. The molecule has 34 heavy (non-hydrogen) atoms. The van der Waals surface area contributed by atoms with Crippen LogP contribution in [-0.2, 0) is 9.59 Å². The van der Waals surface area contributed by atoms with E-state index in [1.807, 2.05) is 62.1 Å². The standard InChI is InChI=1S/C29H33N3O2/c1-20-10-12-21(13-11-20)24-18-25(22-8-6-5-7-9-22)30-26(19-24)31-27(33)23-14-16-32(17-15-23)28(34)29(2,3)4/h5-13,18-19,23H,14-17H2,1-4H3,(H,30,31,33). The summed E-state index contributed by atoms with van der Waals surface area (Å²) in [5.74, 6) is 0.533. The fourth-order valence-electron chi connectivity index (χ4n) is 4.31. The molecule has 1 aliphatic heterocycles. The third-order valence-corrected chi connectivity index (χ3v) is 6.33. The summed E-state index contributed by atoms with van der Waals surface area (Å²) in [6.45, 7) is 9.10. The van der Waals surface area contributed by atoms with Crippen molar-refractivity contribution in [2.24, 2.45) is 11.3 Å². The van der Waals surface area contributed by atoms with Crippen molar-refractivity contribution in [3.63, 3.8) is 0 Å². The van der Waals surface area contributed by atoms with Crippen LogP contribution in [0.25, 0.3) is 22.4 Å². The monoisotopic (exact) mass is 455 g/mol. The highest BCUT2D eigenvalue weighted by Crippen LogP contribution is 2.29. The molecule has 0 radical (unpaired) electrons. The van der Waals surface area contributed by atoms with E-state index < -0.39 is 5.41 Å². The van der Waals surface area contributed by atoms with E-state index in [9.17, 15) is 9.59 Å². The van der Waals surface area contributed by atoms with Gasteiger partial charge in [0.15, 0.2) is 0 Å². The van der Waals surface area contributed by atoms with E-state index in [1.54, 1.807) is 0 Å². The van der Waals surface area contributed by atoms with Crippen LogP contribution >= 0.6 is 0 Å². The van der Waals surface area contributed by atoms with Crippen LogP contribution in [0.5, 0.6) is 0 Å². The normalized spacial score (nSPS) is 14.6. The van der Waals surface area contributed by atoms with E-state index in [1.165, 1.54) is 5.56 Å². The molecule has 0 unspecified atom stereocenters. The molecule has 5 heteroatoms. The Morgan fingerprint density at radius 1 is 0.882 bits per heavy atom. The Morgan fingerprint density at radius 2 is 1.53 bits per heavy atom. The molecule has 2 amide bonds. The first-order valence-corrected chi connectivity index (χ1v) is 12.0. The van der Waals surface area contributed by atoms with Gasteiger partial charge in [-0.05, 0) is 43.0 Å². The quantitative estimate of drug-likeness (QED) is 0.529.